The monoisotopic (exact) mass is 329 g/mol. The first kappa shape index (κ1) is 15.2. The molecule has 3 heterocycles. The van der Waals surface area contributed by atoms with Crippen LogP contribution < -0.4 is 4.74 Å². The Balaban J connectivity index is 1.42. The smallest absolute Gasteiger partial charge is 0.122 e. The molecule has 2 aromatic rings. The van der Waals surface area contributed by atoms with E-state index >= 15 is 0 Å². The number of β-amino-alcohol motifs (C(OH)–C–C–N with tert-alkyl or cyclic N) is 1. The minimum absolute atomic E-state index is 0.265. The van der Waals surface area contributed by atoms with E-state index in [4.69, 9.17) is 4.74 Å². The third-order valence-electron chi connectivity index (χ3n) is 5.06. The number of hydrogen-bond acceptors (Lipinski definition) is 4. The Morgan fingerprint density at radius 1 is 1.35 bits per heavy atom. The first-order valence-corrected chi connectivity index (χ1v) is 9.27. The predicted octanol–water partition coefficient (Wildman–Crippen LogP) is 3.34. The van der Waals surface area contributed by atoms with Gasteiger partial charge in [-0.2, -0.15) is 0 Å². The molecule has 0 unspecified atom stereocenters. The Labute approximate surface area is 141 Å². The van der Waals surface area contributed by atoms with Crippen LogP contribution >= 0.6 is 11.3 Å². The van der Waals surface area contributed by atoms with Crippen LogP contribution in [-0.4, -0.2) is 35.8 Å². The van der Waals surface area contributed by atoms with E-state index in [1.807, 2.05) is 0 Å². The van der Waals surface area contributed by atoms with E-state index in [0.717, 1.165) is 44.8 Å². The average Bonchev–Trinajstić information content (AvgIpc) is 3.16. The second-order valence-electron chi connectivity index (χ2n) is 6.71. The SMILES string of the molecule is Cc1ccsc1[C@@H]1CCN(Cc2ccc3c(c2)CCO3)C[C@H]1O. The standard InChI is InChI=1S/C19H23NO2S/c1-13-6-9-23-19(13)16-4-7-20(12-17(16)21)11-14-2-3-18-15(10-14)5-8-22-18/h2-3,6,9-10,16-17,21H,4-5,7-8,11-12H2,1H3/t16-,17-/m1/s1. The summed E-state index contributed by atoms with van der Waals surface area (Å²) in [5.41, 5.74) is 3.98. The number of ether oxygens (including phenoxy) is 1. The summed E-state index contributed by atoms with van der Waals surface area (Å²) in [6.45, 7) is 5.68. The lowest BCUT2D eigenvalue weighted by molar-refractivity contribution is 0.0485. The fourth-order valence-electron chi connectivity index (χ4n) is 3.81. The van der Waals surface area contributed by atoms with Crippen molar-refractivity contribution in [1.82, 2.24) is 4.90 Å². The summed E-state index contributed by atoms with van der Waals surface area (Å²) in [4.78, 5) is 3.74. The molecule has 1 saturated heterocycles. The maximum atomic E-state index is 10.6. The maximum absolute atomic E-state index is 10.6. The van der Waals surface area contributed by atoms with Crippen molar-refractivity contribution >= 4 is 11.3 Å². The van der Waals surface area contributed by atoms with E-state index in [1.54, 1.807) is 11.3 Å². The molecule has 4 rings (SSSR count). The summed E-state index contributed by atoms with van der Waals surface area (Å²) in [7, 11) is 0. The summed E-state index contributed by atoms with van der Waals surface area (Å²) in [5.74, 6) is 1.35. The molecule has 0 bridgehead atoms. The Kier molecular flexibility index (Phi) is 4.14. The molecule has 2 atom stereocenters. The zero-order valence-electron chi connectivity index (χ0n) is 13.5. The molecule has 23 heavy (non-hydrogen) atoms. The fourth-order valence-corrected chi connectivity index (χ4v) is 4.93. The normalized spacial score (nSPS) is 24.4. The van der Waals surface area contributed by atoms with Crippen molar-refractivity contribution in [2.75, 3.05) is 19.7 Å². The molecule has 3 nitrogen and oxygen atoms in total. The van der Waals surface area contributed by atoms with Crippen LogP contribution in [0.4, 0.5) is 0 Å². The summed E-state index contributed by atoms with van der Waals surface area (Å²) in [5, 5.41) is 12.7. The molecule has 1 aromatic carbocycles. The highest BCUT2D eigenvalue weighted by Gasteiger charge is 2.30. The number of hydrogen-bond donors (Lipinski definition) is 1. The van der Waals surface area contributed by atoms with Gasteiger partial charge in [-0.3, -0.25) is 4.90 Å². The van der Waals surface area contributed by atoms with Gasteiger partial charge in [0.15, 0.2) is 0 Å². The molecule has 1 aromatic heterocycles. The number of likely N-dealkylation sites (tertiary alicyclic amines) is 1. The van der Waals surface area contributed by atoms with Crippen molar-refractivity contribution in [1.29, 1.82) is 0 Å². The molecule has 0 aliphatic carbocycles. The molecule has 1 fully saturated rings. The second kappa shape index (κ2) is 6.27. The van der Waals surface area contributed by atoms with Crippen LogP contribution in [0.3, 0.4) is 0 Å². The zero-order chi connectivity index (χ0) is 15.8. The van der Waals surface area contributed by atoms with Crippen molar-refractivity contribution in [3.05, 3.63) is 51.2 Å². The number of nitrogens with zero attached hydrogens (tertiary/aromatic N) is 1. The first-order valence-electron chi connectivity index (χ1n) is 8.40. The van der Waals surface area contributed by atoms with Crippen LogP contribution in [0.25, 0.3) is 0 Å². The van der Waals surface area contributed by atoms with Gasteiger partial charge < -0.3 is 9.84 Å². The molecule has 0 radical (unpaired) electrons. The number of fused-ring (bicyclic) bond motifs is 1. The summed E-state index contributed by atoms with van der Waals surface area (Å²) in [6, 6.07) is 8.68. The molecule has 0 saturated carbocycles. The molecule has 2 aliphatic rings. The first-order chi connectivity index (χ1) is 11.2. The fraction of sp³-hybridized carbons (Fsp3) is 0.474. The lowest BCUT2D eigenvalue weighted by atomic mass is 9.90. The van der Waals surface area contributed by atoms with E-state index in [2.05, 4.69) is 41.5 Å². The van der Waals surface area contributed by atoms with Crippen LogP contribution in [0.1, 0.15) is 33.9 Å². The van der Waals surface area contributed by atoms with E-state index in [1.165, 1.54) is 21.6 Å². The molecule has 0 amide bonds. The average molecular weight is 329 g/mol. The van der Waals surface area contributed by atoms with Gasteiger partial charge in [0.2, 0.25) is 0 Å². The molecule has 0 spiro atoms. The van der Waals surface area contributed by atoms with Crippen molar-refractivity contribution in [3.63, 3.8) is 0 Å². The highest BCUT2D eigenvalue weighted by molar-refractivity contribution is 7.10. The van der Waals surface area contributed by atoms with Crippen LogP contribution in [-0.2, 0) is 13.0 Å². The third kappa shape index (κ3) is 3.03. The minimum atomic E-state index is -0.265. The molecular weight excluding hydrogens is 306 g/mol. The van der Waals surface area contributed by atoms with Gasteiger partial charge in [-0.1, -0.05) is 12.1 Å². The van der Waals surface area contributed by atoms with Crippen LogP contribution in [0.15, 0.2) is 29.6 Å². The van der Waals surface area contributed by atoms with Gasteiger partial charge in [0.25, 0.3) is 0 Å². The van der Waals surface area contributed by atoms with Crippen LogP contribution in [0, 0.1) is 6.92 Å². The number of aliphatic hydroxyl groups excluding tert-OH is 1. The Hall–Kier alpha value is -1.36. The highest BCUT2D eigenvalue weighted by Crippen LogP contribution is 2.34. The number of piperidine rings is 1. The minimum Gasteiger partial charge on any atom is -0.493 e. The Morgan fingerprint density at radius 3 is 3.04 bits per heavy atom. The van der Waals surface area contributed by atoms with Crippen LogP contribution in [0.5, 0.6) is 5.75 Å². The largest absolute Gasteiger partial charge is 0.493 e. The molecule has 122 valence electrons. The second-order valence-corrected chi connectivity index (χ2v) is 7.65. The van der Waals surface area contributed by atoms with Gasteiger partial charge in [-0.05, 0) is 54.1 Å². The van der Waals surface area contributed by atoms with Gasteiger partial charge in [0.05, 0.1) is 12.7 Å². The van der Waals surface area contributed by atoms with Gasteiger partial charge in [0.1, 0.15) is 5.75 Å². The molecule has 2 aliphatic heterocycles. The molecular formula is C19H23NO2S. The topological polar surface area (TPSA) is 32.7 Å². The van der Waals surface area contributed by atoms with Gasteiger partial charge in [-0.15, -0.1) is 11.3 Å². The third-order valence-corrected chi connectivity index (χ3v) is 6.22. The van der Waals surface area contributed by atoms with Crippen molar-refractivity contribution < 1.29 is 9.84 Å². The number of rotatable bonds is 3. The van der Waals surface area contributed by atoms with Crippen LogP contribution in [0.2, 0.25) is 0 Å². The lowest BCUT2D eigenvalue weighted by Crippen LogP contribution is -2.42. The Bertz CT molecular complexity index is 696. The van der Waals surface area contributed by atoms with Crippen molar-refractivity contribution in [2.24, 2.45) is 0 Å². The Morgan fingerprint density at radius 2 is 2.26 bits per heavy atom. The van der Waals surface area contributed by atoms with E-state index in [-0.39, 0.29) is 6.10 Å². The van der Waals surface area contributed by atoms with Gasteiger partial charge in [-0.25, -0.2) is 0 Å². The number of thiophene rings is 1. The van der Waals surface area contributed by atoms with Gasteiger partial charge >= 0.3 is 0 Å². The number of aliphatic hydroxyl groups is 1. The summed E-state index contributed by atoms with van der Waals surface area (Å²) < 4.78 is 5.57. The van der Waals surface area contributed by atoms with E-state index in [9.17, 15) is 5.11 Å². The maximum Gasteiger partial charge on any atom is 0.122 e. The highest BCUT2D eigenvalue weighted by atomic mass is 32.1. The quantitative estimate of drug-likeness (QED) is 0.937. The molecule has 1 N–H and O–H groups in total. The predicted molar refractivity (Wildman–Crippen MR) is 93.3 cm³/mol. The number of aryl methyl sites for hydroxylation is 1. The number of benzene rings is 1. The molecule has 4 heteroatoms. The zero-order valence-corrected chi connectivity index (χ0v) is 14.3. The van der Waals surface area contributed by atoms with E-state index < -0.39 is 0 Å². The van der Waals surface area contributed by atoms with Gasteiger partial charge in [0, 0.05) is 30.3 Å². The van der Waals surface area contributed by atoms with Crippen molar-refractivity contribution in [3.8, 4) is 5.75 Å². The van der Waals surface area contributed by atoms with Crippen molar-refractivity contribution in [2.45, 2.75) is 38.3 Å². The lowest BCUT2D eigenvalue weighted by Gasteiger charge is -2.36. The van der Waals surface area contributed by atoms with E-state index in [0.29, 0.717) is 5.92 Å². The summed E-state index contributed by atoms with van der Waals surface area (Å²) >= 11 is 1.79. The summed E-state index contributed by atoms with van der Waals surface area (Å²) in [6.07, 6.45) is 1.79.